The van der Waals surface area contributed by atoms with Gasteiger partial charge in [-0.2, -0.15) is 0 Å². The van der Waals surface area contributed by atoms with Crippen LogP contribution in [0, 0.1) is 0 Å². The second kappa shape index (κ2) is 5.95. The molecule has 0 amide bonds. The van der Waals surface area contributed by atoms with E-state index >= 15 is 0 Å². The van der Waals surface area contributed by atoms with Crippen LogP contribution in [0.25, 0.3) is 0 Å². The predicted octanol–water partition coefficient (Wildman–Crippen LogP) is 2.77. The lowest BCUT2D eigenvalue weighted by Crippen LogP contribution is -1.98. The van der Waals surface area contributed by atoms with Crippen LogP contribution >= 0.6 is 12.4 Å². The van der Waals surface area contributed by atoms with E-state index in [1.165, 1.54) is 0 Å². The highest BCUT2D eigenvalue weighted by Crippen LogP contribution is 2.07. The highest BCUT2D eigenvalue weighted by atomic mass is 35.5. The largest absolute Gasteiger partial charge is 0.208 e. The van der Waals surface area contributed by atoms with Gasteiger partial charge in [-0.1, -0.05) is 37.3 Å². The monoisotopic (exact) mass is 149 g/mol. The van der Waals surface area contributed by atoms with Crippen LogP contribution in [0.1, 0.15) is 27.7 Å². The van der Waals surface area contributed by atoms with Crippen molar-refractivity contribution in [3.63, 3.8) is 0 Å². The molecule has 0 N–H and O–H groups in total. The minimum Gasteiger partial charge on any atom is -0.147 e. The lowest BCUT2D eigenvalue weighted by molar-refractivity contribution is 0.971. The van der Waals surface area contributed by atoms with Gasteiger partial charge in [0.25, 0.3) is 0 Å². The standard InChI is InChI=1S/2C3H7.Al.ClH/c2*1-3-2;;/h2*3H,1-2H3;;1H. The van der Waals surface area contributed by atoms with Crippen LogP contribution in [0.5, 0.6) is 0 Å². The molecule has 0 aliphatic carbocycles. The van der Waals surface area contributed by atoms with Gasteiger partial charge in [-0.05, 0) is 0 Å². The molecule has 0 aliphatic rings. The van der Waals surface area contributed by atoms with Crippen molar-refractivity contribution in [2.45, 2.75) is 37.3 Å². The molecule has 49 valence electrons. The fourth-order valence-electron chi connectivity index (χ4n) is 0.770. The van der Waals surface area contributed by atoms with Crippen molar-refractivity contribution in [2.75, 3.05) is 0 Å². The van der Waals surface area contributed by atoms with Crippen LogP contribution in [0.15, 0.2) is 0 Å². The maximum Gasteiger partial charge on any atom is 0.208 e. The minimum absolute atomic E-state index is 0. The Morgan fingerprint density at radius 2 is 1.12 bits per heavy atom. The van der Waals surface area contributed by atoms with Gasteiger partial charge in [-0.25, -0.2) is 0 Å². The number of hydrogen-bond donors (Lipinski definition) is 0. The fourth-order valence-corrected chi connectivity index (χ4v) is 2.31. The Morgan fingerprint density at radius 3 is 1.12 bits per heavy atom. The molecule has 0 spiro atoms. The molecule has 0 saturated carbocycles. The number of hydrogen-bond acceptors (Lipinski definition) is 0. The topological polar surface area (TPSA) is 0 Å². The molecule has 0 heterocycles. The second-order valence-corrected chi connectivity index (χ2v) is 5.73. The molecule has 0 saturated heterocycles. The molecule has 8 heavy (non-hydrogen) atoms. The summed E-state index contributed by atoms with van der Waals surface area (Å²) >= 11 is 0.713. The smallest absolute Gasteiger partial charge is 0.147 e. The predicted molar refractivity (Wildman–Crippen MR) is 43.2 cm³/mol. The van der Waals surface area contributed by atoms with E-state index in [-0.39, 0.29) is 12.4 Å². The van der Waals surface area contributed by atoms with E-state index < -0.39 is 0 Å². The molecular weight excluding hydrogens is 135 g/mol. The summed E-state index contributed by atoms with van der Waals surface area (Å²) in [6.45, 7) is 9.20. The average molecular weight is 150 g/mol. The third-order valence-electron chi connectivity index (χ3n) is 0.770. The Bertz CT molecular complexity index is 37.8. The van der Waals surface area contributed by atoms with E-state index in [1.807, 2.05) is 0 Å². The maximum atomic E-state index is 2.30. The van der Waals surface area contributed by atoms with Gasteiger partial charge in [0.1, 0.15) is 0 Å². The Morgan fingerprint density at radius 1 is 0.875 bits per heavy atom. The first-order valence-corrected chi connectivity index (χ1v) is 4.31. The molecule has 0 aromatic heterocycles. The summed E-state index contributed by atoms with van der Waals surface area (Å²) in [4.78, 5) is 0. The molecule has 0 rings (SSSR count). The Labute approximate surface area is 65.2 Å². The van der Waals surface area contributed by atoms with Crippen molar-refractivity contribution in [3.05, 3.63) is 0 Å². The Hall–Kier alpha value is 0.822. The highest BCUT2D eigenvalue weighted by molar-refractivity contribution is 6.38. The summed E-state index contributed by atoms with van der Waals surface area (Å²) < 4.78 is 1.92. The number of rotatable bonds is 2. The maximum absolute atomic E-state index is 2.30. The molecule has 0 aliphatic heterocycles. The van der Waals surface area contributed by atoms with E-state index in [1.54, 1.807) is 0 Å². The van der Waals surface area contributed by atoms with Gasteiger partial charge < -0.3 is 0 Å². The molecule has 1 radical (unpaired) electrons. The van der Waals surface area contributed by atoms with E-state index in [9.17, 15) is 0 Å². The van der Waals surface area contributed by atoms with Crippen LogP contribution < -0.4 is 0 Å². The van der Waals surface area contributed by atoms with E-state index in [2.05, 4.69) is 27.7 Å². The summed E-state index contributed by atoms with van der Waals surface area (Å²) in [6, 6.07) is 0. The van der Waals surface area contributed by atoms with Crippen molar-refractivity contribution in [3.8, 4) is 0 Å². The first-order chi connectivity index (χ1) is 3.13. The summed E-state index contributed by atoms with van der Waals surface area (Å²) in [6.07, 6.45) is 0. The lowest BCUT2D eigenvalue weighted by atomic mass is 10.5. The van der Waals surface area contributed by atoms with E-state index in [0.717, 1.165) is 9.56 Å². The van der Waals surface area contributed by atoms with Gasteiger partial charge in [0.15, 0.2) is 0 Å². The molecule has 0 aromatic carbocycles. The number of halogens is 1. The van der Waals surface area contributed by atoms with Gasteiger partial charge in [-0.3, -0.25) is 0 Å². The van der Waals surface area contributed by atoms with Crippen LogP contribution in [0.4, 0.5) is 0 Å². The zero-order chi connectivity index (χ0) is 5.86. The van der Waals surface area contributed by atoms with Crippen LogP contribution in [-0.4, -0.2) is 15.2 Å². The zero-order valence-electron chi connectivity index (χ0n) is 6.14. The van der Waals surface area contributed by atoms with Crippen LogP contribution in [-0.2, 0) is 0 Å². The van der Waals surface area contributed by atoms with E-state index in [0.29, 0.717) is 15.2 Å². The van der Waals surface area contributed by atoms with Crippen molar-refractivity contribution >= 4 is 27.6 Å². The molecule has 0 atom stereocenters. The third kappa shape index (κ3) is 9.95. The molecule has 0 nitrogen and oxygen atoms in total. The van der Waals surface area contributed by atoms with Gasteiger partial charge in [0, 0.05) is 0 Å². The molecule has 2 heteroatoms. The summed E-state index contributed by atoms with van der Waals surface area (Å²) in [7, 11) is 0. The van der Waals surface area contributed by atoms with Crippen molar-refractivity contribution in [1.82, 2.24) is 0 Å². The van der Waals surface area contributed by atoms with E-state index in [4.69, 9.17) is 0 Å². The first kappa shape index (κ1) is 11.6. The average Bonchev–Trinajstić information content (AvgIpc) is 1.27. The fraction of sp³-hybridized carbons (Fsp3) is 1.00. The minimum atomic E-state index is 0. The van der Waals surface area contributed by atoms with Crippen molar-refractivity contribution in [1.29, 1.82) is 0 Å². The van der Waals surface area contributed by atoms with Crippen molar-refractivity contribution < 1.29 is 0 Å². The molecule has 0 fully saturated rings. The van der Waals surface area contributed by atoms with Crippen molar-refractivity contribution in [2.24, 2.45) is 0 Å². The summed E-state index contributed by atoms with van der Waals surface area (Å²) in [5.41, 5.74) is 0. The van der Waals surface area contributed by atoms with Gasteiger partial charge >= 0.3 is 0 Å². The van der Waals surface area contributed by atoms with Gasteiger partial charge in [0.05, 0.1) is 0 Å². The first-order valence-electron chi connectivity index (χ1n) is 2.98. The quantitative estimate of drug-likeness (QED) is 0.530. The molecular formula is C6H15AlCl. The SMILES string of the molecule is C[CH](C)[Al][CH](C)C.Cl. The van der Waals surface area contributed by atoms with Crippen LogP contribution in [0.3, 0.4) is 0 Å². The van der Waals surface area contributed by atoms with Gasteiger partial charge in [-0.15, -0.1) is 12.4 Å². The Kier molecular flexibility index (Phi) is 8.63. The Balaban J connectivity index is 0. The summed E-state index contributed by atoms with van der Waals surface area (Å²) in [5.74, 6) is 0. The molecule has 0 aromatic rings. The lowest BCUT2D eigenvalue weighted by Gasteiger charge is -2.02. The summed E-state index contributed by atoms with van der Waals surface area (Å²) in [5, 5.41) is 0. The molecule has 0 unspecified atom stereocenters. The second-order valence-electron chi connectivity index (χ2n) is 2.68. The highest BCUT2D eigenvalue weighted by Gasteiger charge is 1.99. The molecule has 0 bridgehead atoms. The zero-order valence-corrected chi connectivity index (χ0v) is 8.11. The van der Waals surface area contributed by atoms with Crippen LogP contribution in [0.2, 0.25) is 9.56 Å². The third-order valence-corrected chi connectivity index (χ3v) is 2.31. The normalized spacial score (nSPS) is 9.25. The van der Waals surface area contributed by atoms with Gasteiger partial charge in [0.2, 0.25) is 15.2 Å².